The summed E-state index contributed by atoms with van der Waals surface area (Å²) in [5, 5.41) is 6.08. The van der Waals surface area contributed by atoms with E-state index in [0.29, 0.717) is 5.41 Å². The van der Waals surface area contributed by atoms with Gasteiger partial charge >= 0.3 is 0 Å². The lowest BCUT2D eigenvalue weighted by Gasteiger charge is -2.33. The number of allylic oxidation sites excluding steroid dienone is 1. The smallest absolute Gasteiger partial charge is 0.0743 e. The molecule has 0 fully saturated rings. The van der Waals surface area contributed by atoms with E-state index in [1.807, 2.05) is 0 Å². The highest BCUT2D eigenvalue weighted by Gasteiger charge is 2.27. The van der Waals surface area contributed by atoms with E-state index in [1.165, 1.54) is 22.2 Å². The molecule has 1 aromatic heterocycles. The monoisotopic (exact) mass is 283 g/mol. The van der Waals surface area contributed by atoms with E-state index in [-0.39, 0.29) is 6.04 Å². The highest BCUT2D eigenvalue weighted by atomic mass is 15.3. The third kappa shape index (κ3) is 2.88. The SMILES string of the molecule is CCn1nc(CC2=CC(N)CC(C)(C)C2)c2ccccc21. The summed E-state index contributed by atoms with van der Waals surface area (Å²) < 4.78 is 2.10. The Bertz CT molecular complexity index is 679. The number of aromatic nitrogens is 2. The quantitative estimate of drug-likeness (QED) is 0.873. The van der Waals surface area contributed by atoms with Gasteiger partial charge in [0.1, 0.15) is 0 Å². The van der Waals surface area contributed by atoms with E-state index in [9.17, 15) is 0 Å². The molecule has 112 valence electrons. The van der Waals surface area contributed by atoms with E-state index in [4.69, 9.17) is 10.8 Å². The number of rotatable bonds is 3. The molecule has 2 aromatic rings. The first-order valence-corrected chi connectivity index (χ1v) is 7.88. The number of nitrogens with two attached hydrogens (primary N) is 1. The van der Waals surface area contributed by atoms with Gasteiger partial charge in [-0.25, -0.2) is 0 Å². The summed E-state index contributed by atoms with van der Waals surface area (Å²) in [6.45, 7) is 7.66. The number of hydrogen-bond donors (Lipinski definition) is 1. The molecule has 1 aromatic carbocycles. The molecule has 0 amide bonds. The molecule has 2 N–H and O–H groups in total. The van der Waals surface area contributed by atoms with Crippen molar-refractivity contribution in [3.8, 4) is 0 Å². The molecule has 1 unspecified atom stereocenters. The molecule has 0 spiro atoms. The van der Waals surface area contributed by atoms with Crippen LogP contribution in [0.4, 0.5) is 0 Å². The summed E-state index contributed by atoms with van der Waals surface area (Å²) in [5.74, 6) is 0. The van der Waals surface area contributed by atoms with Crippen molar-refractivity contribution in [2.24, 2.45) is 11.1 Å². The van der Waals surface area contributed by atoms with Gasteiger partial charge in [-0.2, -0.15) is 5.10 Å². The van der Waals surface area contributed by atoms with E-state index in [1.54, 1.807) is 0 Å². The van der Waals surface area contributed by atoms with Gasteiger partial charge in [0.25, 0.3) is 0 Å². The molecule has 1 aliphatic rings. The molecule has 0 bridgehead atoms. The van der Waals surface area contributed by atoms with Gasteiger partial charge in [-0.05, 0) is 31.2 Å². The van der Waals surface area contributed by atoms with Gasteiger partial charge in [-0.1, -0.05) is 43.7 Å². The lowest BCUT2D eigenvalue weighted by atomic mass is 9.74. The zero-order valence-corrected chi connectivity index (χ0v) is 13.3. The number of hydrogen-bond acceptors (Lipinski definition) is 2. The Morgan fingerprint density at radius 1 is 1.33 bits per heavy atom. The van der Waals surface area contributed by atoms with Gasteiger partial charge in [-0.15, -0.1) is 0 Å². The minimum Gasteiger partial charge on any atom is -0.324 e. The maximum atomic E-state index is 6.20. The minimum atomic E-state index is 0.184. The lowest BCUT2D eigenvalue weighted by molar-refractivity contribution is 0.299. The Morgan fingerprint density at radius 2 is 2.10 bits per heavy atom. The summed E-state index contributed by atoms with van der Waals surface area (Å²) in [4.78, 5) is 0. The van der Waals surface area contributed by atoms with Crippen LogP contribution in [0.1, 0.15) is 39.3 Å². The largest absolute Gasteiger partial charge is 0.324 e. The van der Waals surface area contributed by atoms with Gasteiger partial charge in [-0.3, -0.25) is 4.68 Å². The van der Waals surface area contributed by atoms with Crippen molar-refractivity contribution in [3.63, 3.8) is 0 Å². The molecular weight excluding hydrogens is 258 g/mol. The lowest BCUT2D eigenvalue weighted by Crippen LogP contribution is -2.31. The molecule has 1 atom stereocenters. The normalized spacial score (nSPS) is 21.5. The number of nitrogens with zero attached hydrogens (tertiary/aromatic N) is 2. The average molecular weight is 283 g/mol. The van der Waals surface area contributed by atoms with Crippen LogP contribution in [0.3, 0.4) is 0 Å². The molecular formula is C18H25N3. The van der Waals surface area contributed by atoms with Crippen LogP contribution in [0, 0.1) is 5.41 Å². The molecule has 21 heavy (non-hydrogen) atoms. The molecule has 0 aliphatic heterocycles. The molecule has 1 heterocycles. The molecule has 1 aliphatic carbocycles. The van der Waals surface area contributed by atoms with Crippen LogP contribution in [0.2, 0.25) is 0 Å². The third-order valence-corrected chi connectivity index (χ3v) is 4.37. The van der Waals surface area contributed by atoms with Crippen molar-refractivity contribution in [2.75, 3.05) is 0 Å². The topological polar surface area (TPSA) is 43.8 Å². The number of fused-ring (bicyclic) bond motifs is 1. The van der Waals surface area contributed by atoms with Crippen molar-refractivity contribution in [1.82, 2.24) is 9.78 Å². The average Bonchev–Trinajstić information content (AvgIpc) is 2.75. The summed E-state index contributed by atoms with van der Waals surface area (Å²) in [5.41, 5.74) is 10.3. The van der Waals surface area contributed by atoms with Gasteiger partial charge in [0, 0.05) is 24.4 Å². The highest BCUT2D eigenvalue weighted by molar-refractivity contribution is 5.82. The summed E-state index contributed by atoms with van der Waals surface area (Å²) >= 11 is 0. The van der Waals surface area contributed by atoms with Crippen molar-refractivity contribution in [2.45, 2.75) is 52.6 Å². The fourth-order valence-corrected chi connectivity index (χ4v) is 3.65. The van der Waals surface area contributed by atoms with Crippen LogP contribution < -0.4 is 5.73 Å². The van der Waals surface area contributed by atoms with Crippen molar-refractivity contribution in [1.29, 1.82) is 0 Å². The molecule has 3 nitrogen and oxygen atoms in total. The van der Waals surface area contributed by atoms with Crippen LogP contribution in [0.5, 0.6) is 0 Å². The second-order valence-electron chi connectivity index (χ2n) is 6.99. The Balaban J connectivity index is 1.95. The fourth-order valence-electron chi connectivity index (χ4n) is 3.65. The highest BCUT2D eigenvalue weighted by Crippen LogP contribution is 2.36. The second kappa shape index (κ2) is 5.30. The summed E-state index contributed by atoms with van der Waals surface area (Å²) in [7, 11) is 0. The maximum absolute atomic E-state index is 6.20. The van der Waals surface area contributed by atoms with Crippen LogP contribution in [-0.2, 0) is 13.0 Å². The van der Waals surface area contributed by atoms with Crippen molar-refractivity contribution >= 4 is 10.9 Å². The summed E-state index contributed by atoms with van der Waals surface area (Å²) in [6, 6.07) is 8.69. The van der Waals surface area contributed by atoms with Crippen molar-refractivity contribution in [3.05, 3.63) is 41.6 Å². The summed E-state index contributed by atoms with van der Waals surface area (Å²) in [6.07, 6.45) is 5.37. The Morgan fingerprint density at radius 3 is 2.81 bits per heavy atom. The van der Waals surface area contributed by atoms with Crippen molar-refractivity contribution < 1.29 is 0 Å². The van der Waals surface area contributed by atoms with Gasteiger partial charge < -0.3 is 5.73 Å². The number of para-hydroxylation sites is 1. The molecule has 0 saturated carbocycles. The molecule has 0 saturated heterocycles. The molecule has 3 rings (SSSR count). The Hall–Kier alpha value is -1.61. The zero-order chi connectivity index (χ0) is 15.0. The van der Waals surface area contributed by atoms with Crippen LogP contribution in [-0.4, -0.2) is 15.8 Å². The second-order valence-corrected chi connectivity index (χ2v) is 6.99. The number of aryl methyl sites for hydroxylation is 1. The first-order valence-electron chi connectivity index (χ1n) is 7.88. The van der Waals surface area contributed by atoms with Gasteiger partial charge in [0.05, 0.1) is 11.2 Å². The van der Waals surface area contributed by atoms with Crippen LogP contribution in [0.15, 0.2) is 35.9 Å². The van der Waals surface area contributed by atoms with Crippen LogP contribution in [0.25, 0.3) is 10.9 Å². The first-order chi connectivity index (χ1) is 9.98. The van der Waals surface area contributed by atoms with E-state index < -0.39 is 0 Å². The van der Waals surface area contributed by atoms with Gasteiger partial charge in [0.2, 0.25) is 0 Å². The fraction of sp³-hybridized carbons (Fsp3) is 0.500. The predicted octanol–water partition coefficient (Wildman–Crippen LogP) is 3.67. The molecule has 0 radical (unpaired) electrons. The first kappa shape index (κ1) is 14.3. The maximum Gasteiger partial charge on any atom is 0.0743 e. The minimum absolute atomic E-state index is 0.184. The Kier molecular flexibility index (Phi) is 3.62. The third-order valence-electron chi connectivity index (χ3n) is 4.37. The Labute approximate surface area is 126 Å². The van der Waals surface area contributed by atoms with E-state index in [2.05, 4.69) is 55.8 Å². The number of benzene rings is 1. The van der Waals surface area contributed by atoms with E-state index in [0.717, 1.165) is 25.8 Å². The van der Waals surface area contributed by atoms with E-state index >= 15 is 0 Å². The predicted molar refractivity (Wildman–Crippen MR) is 88.2 cm³/mol. The van der Waals surface area contributed by atoms with Crippen LogP contribution >= 0.6 is 0 Å². The van der Waals surface area contributed by atoms with Gasteiger partial charge in [0.15, 0.2) is 0 Å². The molecule has 3 heteroatoms. The zero-order valence-electron chi connectivity index (χ0n) is 13.3. The standard InChI is InChI=1S/C18H25N3/c1-4-21-17-8-6-5-7-15(17)16(20-21)10-13-9-14(19)12-18(2,3)11-13/h5-9,14H,4,10-12,19H2,1-3H3.